The van der Waals surface area contributed by atoms with Crippen LogP contribution < -0.4 is 5.73 Å². The molecule has 72 valence electrons. The van der Waals surface area contributed by atoms with Crippen molar-refractivity contribution in [3.63, 3.8) is 0 Å². The average Bonchev–Trinajstić information content (AvgIpc) is 2.56. The summed E-state index contributed by atoms with van der Waals surface area (Å²) in [6.45, 7) is -0.713. The zero-order valence-electron chi connectivity index (χ0n) is 6.43. The third kappa shape index (κ3) is 1.19. The van der Waals surface area contributed by atoms with Crippen LogP contribution in [0.2, 0.25) is 0 Å². The molecule has 3 atom stereocenters. The molecular formula is C6H10F3NO2. The van der Waals surface area contributed by atoms with E-state index in [1.54, 1.807) is 0 Å². The van der Waals surface area contributed by atoms with E-state index < -0.39 is 30.3 Å². The second-order valence-electron chi connectivity index (χ2n) is 2.95. The fourth-order valence-electron chi connectivity index (χ4n) is 1.44. The van der Waals surface area contributed by atoms with Crippen LogP contribution in [-0.2, 0) is 4.74 Å². The molecule has 1 aliphatic carbocycles. The van der Waals surface area contributed by atoms with E-state index in [1.807, 2.05) is 0 Å². The lowest BCUT2D eigenvalue weighted by atomic mass is 10.2. The van der Waals surface area contributed by atoms with Gasteiger partial charge in [-0.1, -0.05) is 0 Å². The van der Waals surface area contributed by atoms with Gasteiger partial charge in [0.1, 0.15) is 5.92 Å². The predicted molar refractivity (Wildman–Crippen MR) is 34.3 cm³/mol. The fraction of sp³-hybridized carbons (Fsp3) is 1.00. The Labute approximate surface area is 67.3 Å². The van der Waals surface area contributed by atoms with E-state index in [-0.39, 0.29) is 0 Å². The van der Waals surface area contributed by atoms with Crippen LogP contribution in [0, 0.1) is 5.92 Å². The Hall–Kier alpha value is -0.330. The van der Waals surface area contributed by atoms with Crippen molar-refractivity contribution in [2.75, 3.05) is 13.7 Å². The zero-order chi connectivity index (χ0) is 9.57. The molecular weight excluding hydrogens is 175 g/mol. The molecule has 0 aromatic carbocycles. The number of ether oxygens (including phenoxy) is 1. The minimum atomic E-state index is -4.39. The molecule has 3 nitrogen and oxygen atoms in total. The summed E-state index contributed by atoms with van der Waals surface area (Å²) in [4.78, 5) is 0. The number of aliphatic hydroxyl groups is 1. The molecule has 0 aliphatic heterocycles. The van der Waals surface area contributed by atoms with Gasteiger partial charge in [0.2, 0.25) is 0 Å². The number of alkyl halides is 3. The lowest BCUT2D eigenvalue weighted by Crippen LogP contribution is -2.35. The largest absolute Gasteiger partial charge is 0.396 e. The van der Waals surface area contributed by atoms with Gasteiger partial charge in [-0.3, -0.25) is 0 Å². The van der Waals surface area contributed by atoms with Gasteiger partial charge in [-0.2, -0.15) is 13.2 Å². The lowest BCUT2D eigenvalue weighted by Gasteiger charge is -2.08. The number of halogens is 3. The maximum Gasteiger partial charge on any atom is 0.396 e. The molecule has 3 N–H and O–H groups in total. The van der Waals surface area contributed by atoms with Gasteiger partial charge in [-0.15, -0.1) is 0 Å². The molecule has 0 bridgehead atoms. The Morgan fingerprint density at radius 1 is 1.58 bits per heavy atom. The maximum atomic E-state index is 12.1. The molecule has 1 aliphatic rings. The van der Waals surface area contributed by atoms with E-state index in [4.69, 9.17) is 10.8 Å². The molecule has 1 fully saturated rings. The minimum Gasteiger partial charge on any atom is -0.394 e. The third-order valence-corrected chi connectivity index (χ3v) is 2.18. The Kier molecular flexibility index (Phi) is 2.10. The maximum absolute atomic E-state index is 12.1. The summed E-state index contributed by atoms with van der Waals surface area (Å²) in [5.41, 5.74) is 3.60. The first-order chi connectivity index (χ1) is 5.38. The average molecular weight is 185 g/mol. The van der Waals surface area contributed by atoms with Crippen LogP contribution in [0.5, 0.6) is 0 Å². The molecule has 1 rings (SSSR count). The highest BCUT2D eigenvalue weighted by atomic mass is 19.4. The molecule has 0 radical (unpaired) electrons. The minimum absolute atomic E-state index is 0.713. The van der Waals surface area contributed by atoms with Crippen LogP contribution in [0.25, 0.3) is 0 Å². The Morgan fingerprint density at radius 3 is 2.17 bits per heavy atom. The fourth-order valence-corrected chi connectivity index (χ4v) is 1.44. The molecule has 0 saturated heterocycles. The van der Waals surface area contributed by atoms with Crippen LogP contribution in [0.1, 0.15) is 0 Å². The highest BCUT2D eigenvalue weighted by molar-refractivity contribution is 5.20. The normalized spacial score (nSPS) is 41.5. The van der Waals surface area contributed by atoms with Crippen LogP contribution in [0.4, 0.5) is 13.2 Å². The Bertz CT molecular complexity index is 184. The van der Waals surface area contributed by atoms with Gasteiger partial charge in [-0.05, 0) is 0 Å². The van der Waals surface area contributed by atoms with Gasteiger partial charge < -0.3 is 15.6 Å². The van der Waals surface area contributed by atoms with Crippen molar-refractivity contribution in [2.24, 2.45) is 11.7 Å². The van der Waals surface area contributed by atoms with Crippen molar-refractivity contribution < 1.29 is 23.0 Å². The highest BCUT2D eigenvalue weighted by Crippen LogP contribution is 2.53. The van der Waals surface area contributed by atoms with Crippen molar-refractivity contribution in [2.45, 2.75) is 17.8 Å². The number of rotatable bonds is 2. The molecule has 0 unspecified atom stereocenters. The summed E-state index contributed by atoms with van der Waals surface area (Å²) >= 11 is 0. The van der Waals surface area contributed by atoms with Gasteiger partial charge in [0.15, 0.2) is 0 Å². The molecule has 0 spiro atoms. The molecule has 0 heterocycles. The first kappa shape index (κ1) is 9.76. The second kappa shape index (κ2) is 2.58. The summed E-state index contributed by atoms with van der Waals surface area (Å²) in [6.07, 6.45) is -5.50. The van der Waals surface area contributed by atoms with Crippen molar-refractivity contribution in [1.29, 1.82) is 0 Å². The molecule has 0 amide bonds. The number of methoxy groups -OCH3 is 1. The van der Waals surface area contributed by atoms with Crippen LogP contribution in [0.3, 0.4) is 0 Å². The monoisotopic (exact) mass is 185 g/mol. The summed E-state index contributed by atoms with van der Waals surface area (Å²) in [6, 6.07) is 0. The van der Waals surface area contributed by atoms with E-state index in [9.17, 15) is 13.2 Å². The molecule has 6 heteroatoms. The van der Waals surface area contributed by atoms with Gasteiger partial charge in [-0.25, -0.2) is 0 Å². The number of aliphatic hydroxyl groups excluding tert-OH is 1. The van der Waals surface area contributed by atoms with E-state index in [0.29, 0.717) is 0 Å². The molecule has 0 aromatic heterocycles. The number of hydrogen-bond acceptors (Lipinski definition) is 3. The van der Waals surface area contributed by atoms with E-state index in [1.165, 1.54) is 0 Å². The van der Waals surface area contributed by atoms with E-state index in [0.717, 1.165) is 7.11 Å². The second-order valence-corrected chi connectivity index (χ2v) is 2.95. The summed E-state index contributed by atoms with van der Waals surface area (Å²) < 4.78 is 40.8. The Morgan fingerprint density at radius 2 is 2.08 bits per heavy atom. The number of hydrogen-bond donors (Lipinski definition) is 2. The first-order valence-corrected chi connectivity index (χ1v) is 3.37. The third-order valence-electron chi connectivity index (χ3n) is 2.18. The van der Waals surface area contributed by atoms with Crippen LogP contribution in [-0.4, -0.2) is 36.6 Å². The van der Waals surface area contributed by atoms with Gasteiger partial charge in [0.25, 0.3) is 0 Å². The van der Waals surface area contributed by atoms with Crippen molar-refractivity contribution >= 4 is 0 Å². The summed E-state index contributed by atoms with van der Waals surface area (Å²) in [5.74, 6) is -1.74. The quantitative estimate of drug-likeness (QED) is 0.630. The van der Waals surface area contributed by atoms with Crippen LogP contribution >= 0.6 is 0 Å². The van der Waals surface area contributed by atoms with Crippen molar-refractivity contribution in [3.8, 4) is 0 Å². The lowest BCUT2D eigenvalue weighted by molar-refractivity contribution is -0.159. The van der Waals surface area contributed by atoms with Crippen LogP contribution in [0.15, 0.2) is 0 Å². The van der Waals surface area contributed by atoms with Crippen molar-refractivity contribution in [1.82, 2.24) is 0 Å². The topological polar surface area (TPSA) is 55.5 Å². The number of nitrogens with two attached hydrogens (primary N) is 1. The predicted octanol–water partition coefficient (Wildman–Crippen LogP) is -0.117. The molecule has 1 saturated carbocycles. The van der Waals surface area contributed by atoms with Gasteiger partial charge >= 0.3 is 6.18 Å². The van der Waals surface area contributed by atoms with Crippen molar-refractivity contribution in [3.05, 3.63) is 0 Å². The Balaban J connectivity index is 2.72. The smallest absolute Gasteiger partial charge is 0.394 e. The van der Waals surface area contributed by atoms with E-state index in [2.05, 4.69) is 4.74 Å². The first-order valence-electron chi connectivity index (χ1n) is 3.37. The zero-order valence-corrected chi connectivity index (χ0v) is 6.43. The van der Waals surface area contributed by atoms with E-state index >= 15 is 0 Å². The highest BCUT2D eigenvalue weighted by Gasteiger charge is 2.74. The standard InChI is InChI=1S/C6H10F3NO2/c1-12-4-3(6(7,8)9)5(4,10)2-11/h3-4,11H,2,10H2,1H3/t3-,4-,5+/m1/s1. The SMILES string of the molecule is CO[C@@H]1[C@@H](C(F)(F)F)[C@@]1(N)CO. The summed E-state index contributed by atoms with van der Waals surface area (Å²) in [5, 5.41) is 8.60. The summed E-state index contributed by atoms with van der Waals surface area (Å²) in [7, 11) is 1.15. The van der Waals surface area contributed by atoms with Gasteiger partial charge in [0, 0.05) is 7.11 Å². The van der Waals surface area contributed by atoms with Gasteiger partial charge in [0.05, 0.1) is 18.2 Å². The molecule has 0 aromatic rings. The molecule has 12 heavy (non-hydrogen) atoms.